The smallest absolute Gasteiger partial charge is 0.319 e. The van der Waals surface area contributed by atoms with Crippen LogP contribution in [0.5, 0.6) is 0 Å². The van der Waals surface area contributed by atoms with E-state index in [1.165, 1.54) is 0 Å². The first kappa shape index (κ1) is 17.6. The van der Waals surface area contributed by atoms with Crippen molar-refractivity contribution < 1.29 is 9.59 Å². The van der Waals surface area contributed by atoms with Crippen molar-refractivity contribution in [3.05, 3.63) is 35.9 Å². The summed E-state index contributed by atoms with van der Waals surface area (Å²) in [6.45, 7) is 10.0. The summed E-state index contributed by atoms with van der Waals surface area (Å²) >= 11 is 0. The molecule has 2 fully saturated rings. The van der Waals surface area contributed by atoms with Crippen molar-refractivity contribution in [1.82, 2.24) is 20.4 Å². The zero-order valence-corrected chi connectivity index (χ0v) is 15.6. The summed E-state index contributed by atoms with van der Waals surface area (Å²) in [4.78, 5) is 29.1. The molecular formula is C19H28N4O2. The maximum atomic E-state index is 12.9. The maximum absolute atomic E-state index is 12.9. The Morgan fingerprint density at radius 2 is 1.44 bits per heavy atom. The number of hydrogen-bond donors (Lipinski definition) is 2. The van der Waals surface area contributed by atoms with E-state index in [2.05, 4.69) is 22.8 Å². The van der Waals surface area contributed by atoms with E-state index >= 15 is 0 Å². The van der Waals surface area contributed by atoms with Gasteiger partial charge in [0.25, 0.3) is 0 Å². The Labute approximate surface area is 149 Å². The van der Waals surface area contributed by atoms with Crippen molar-refractivity contribution >= 4 is 12.1 Å². The van der Waals surface area contributed by atoms with Gasteiger partial charge in [-0.1, -0.05) is 30.3 Å². The van der Waals surface area contributed by atoms with E-state index in [-0.39, 0.29) is 48.3 Å². The number of benzene rings is 1. The monoisotopic (exact) mass is 344 g/mol. The minimum absolute atomic E-state index is 0.00215. The van der Waals surface area contributed by atoms with Gasteiger partial charge in [0.2, 0.25) is 0 Å². The number of rotatable bonds is 3. The third-order valence-electron chi connectivity index (χ3n) is 5.25. The van der Waals surface area contributed by atoms with Gasteiger partial charge < -0.3 is 20.4 Å². The van der Waals surface area contributed by atoms with Gasteiger partial charge in [-0.15, -0.1) is 0 Å². The van der Waals surface area contributed by atoms with Crippen molar-refractivity contribution in [2.24, 2.45) is 5.92 Å². The fraction of sp³-hybridized carbons (Fsp3) is 0.579. The lowest BCUT2D eigenvalue weighted by Crippen LogP contribution is -2.74. The van der Waals surface area contributed by atoms with Gasteiger partial charge in [-0.2, -0.15) is 0 Å². The summed E-state index contributed by atoms with van der Waals surface area (Å²) in [7, 11) is 0. The molecule has 4 amide bonds. The van der Waals surface area contributed by atoms with Crippen LogP contribution in [0.1, 0.15) is 46.2 Å². The second-order valence-electron chi connectivity index (χ2n) is 7.57. The number of fused-ring (bicyclic) bond motifs is 1. The van der Waals surface area contributed by atoms with E-state index in [0.717, 1.165) is 5.56 Å². The van der Waals surface area contributed by atoms with E-state index in [0.29, 0.717) is 0 Å². The maximum Gasteiger partial charge on any atom is 0.319 e. The van der Waals surface area contributed by atoms with Gasteiger partial charge >= 0.3 is 12.1 Å². The Hall–Kier alpha value is -2.24. The fourth-order valence-electron chi connectivity index (χ4n) is 4.22. The molecular weight excluding hydrogens is 316 g/mol. The van der Waals surface area contributed by atoms with Crippen LogP contribution in [0.3, 0.4) is 0 Å². The second kappa shape index (κ2) is 6.58. The minimum Gasteiger partial charge on any atom is -0.335 e. The molecule has 2 saturated heterocycles. The fourth-order valence-corrected chi connectivity index (χ4v) is 4.22. The van der Waals surface area contributed by atoms with E-state index in [1.807, 2.05) is 57.7 Å². The van der Waals surface area contributed by atoms with E-state index in [1.54, 1.807) is 4.90 Å². The summed E-state index contributed by atoms with van der Waals surface area (Å²) < 4.78 is 0. The average molecular weight is 344 g/mol. The van der Waals surface area contributed by atoms with Crippen molar-refractivity contribution in [3.63, 3.8) is 0 Å². The molecule has 0 radical (unpaired) electrons. The molecule has 136 valence electrons. The molecule has 1 aromatic rings. The lowest BCUT2D eigenvalue weighted by atomic mass is 9.80. The molecule has 0 aliphatic carbocycles. The molecule has 2 N–H and O–H groups in total. The third-order valence-corrected chi connectivity index (χ3v) is 5.25. The van der Waals surface area contributed by atoms with Gasteiger partial charge in [0.05, 0.1) is 6.04 Å². The predicted molar refractivity (Wildman–Crippen MR) is 96.9 cm³/mol. The highest BCUT2D eigenvalue weighted by Gasteiger charge is 2.52. The molecule has 0 saturated carbocycles. The lowest BCUT2D eigenvalue weighted by Gasteiger charge is -2.55. The van der Waals surface area contributed by atoms with E-state index < -0.39 is 0 Å². The number of hydrogen-bond acceptors (Lipinski definition) is 2. The Bertz CT molecular complexity index is 646. The minimum atomic E-state index is -0.309. The molecule has 4 atom stereocenters. The van der Waals surface area contributed by atoms with Crippen LogP contribution in [-0.4, -0.2) is 46.2 Å². The van der Waals surface area contributed by atoms with E-state index in [4.69, 9.17) is 0 Å². The zero-order chi connectivity index (χ0) is 18.3. The summed E-state index contributed by atoms with van der Waals surface area (Å²) in [6, 6.07) is 9.82. The van der Waals surface area contributed by atoms with Crippen LogP contribution in [0.25, 0.3) is 0 Å². The first-order chi connectivity index (χ1) is 11.8. The highest BCUT2D eigenvalue weighted by Crippen LogP contribution is 2.40. The van der Waals surface area contributed by atoms with Crippen LogP contribution in [-0.2, 0) is 0 Å². The Morgan fingerprint density at radius 3 is 2.00 bits per heavy atom. The van der Waals surface area contributed by atoms with Crippen LogP contribution in [0.2, 0.25) is 0 Å². The Kier molecular flexibility index (Phi) is 4.62. The summed E-state index contributed by atoms with van der Waals surface area (Å²) in [5.74, 6) is 0.0580. The molecule has 0 bridgehead atoms. The summed E-state index contributed by atoms with van der Waals surface area (Å²) in [5.41, 5.74) is 1.10. The Balaban J connectivity index is 2.10. The molecule has 6 heteroatoms. The number of urea groups is 2. The van der Waals surface area contributed by atoms with Crippen molar-refractivity contribution in [3.8, 4) is 0 Å². The molecule has 1 aromatic carbocycles. The zero-order valence-electron chi connectivity index (χ0n) is 15.6. The van der Waals surface area contributed by atoms with Gasteiger partial charge in [-0.25, -0.2) is 9.59 Å². The van der Waals surface area contributed by atoms with Crippen LogP contribution in [0.15, 0.2) is 30.3 Å². The van der Waals surface area contributed by atoms with Crippen molar-refractivity contribution in [2.75, 3.05) is 0 Å². The highest BCUT2D eigenvalue weighted by atomic mass is 16.2. The number of amides is 4. The van der Waals surface area contributed by atoms with Gasteiger partial charge in [0.1, 0.15) is 6.17 Å². The van der Waals surface area contributed by atoms with Crippen LogP contribution < -0.4 is 10.6 Å². The first-order valence-electron chi connectivity index (χ1n) is 9.05. The van der Waals surface area contributed by atoms with Gasteiger partial charge in [-0.05, 0) is 40.2 Å². The van der Waals surface area contributed by atoms with Gasteiger partial charge in [0, 0.05) is 24.0 Å². The molecule has 2 aliphatic heterocycles. The number of carbonyl (C=O) groups excluding carboxylic acids is 2. The van der Waals surface area contributed by atoms with Crippen LogP contribution >= 0.6 is 0 Å². The SMILES string of the molecule is CC(C)N1C(=O)N[C@H](C)[C@H]2[C@H]1NC(=O)N(C(C)C)[C@@H]2c1ccccc1. The summed E-state index contributed by atoms with van der Waals surface area (Å²) in [6.07, 6.45) is -0.309. The standard InChI is InChI=1S/C19H28N4O2/c1-11(2)22-16(14-9-7-6-8-10-14)15-13(5)20-18(24)23(12(3)4)17(15)21-19(22)25/h6-13,15-17H,1-5H3,(H,20,24)(H,21,25)/t13-,15-,16-,17+/m1/s1. The molecule has 2 aliphatic rings. The number of nitrogens with zero attached hydrogens (tertiary/aromatic N) is 2. The highest BCUT2D eigenvalue weighted by molar-refractivity contribution is 5.81. The molecule has 0 unspecified atom stereocenters. The van der Waals surface area contributed by atoms with Crippen LogP contribution in [0.4, 0.5) is 9.59 Å². The van der Waals surface area contributed by atoms with E-state index in [9.17, 15) is 9.59 Å². The van der Waals surface area contributed by atoms with Crippen molar-refractivity contribution in [2.45, 2.75) is 65.0 Å². The topological polar surface area (TPSA) is 64.7 Å². The summed E-state index contributed by atoms with van der Waals surface area (Å²) in [5, 5.41) is 6.19. The lowest BCUT2D eigenvalue weighted by molar-refractivity contribution is -0.0116. The van der Waals surface area contributed by atoms with Gasteiger partial charge in [0.15, 0.2) is 0 Å². The molecule has 0 spiro atoms. The number of carbonyl (C=O) groups is 2. The van der Waals surface area contributed by atoms with Crippen molar-refractivity contribution in [1.29, 1.82) is 0 Å². The molecule has 25 heavy (non-hydrogen) atoms. The molecule has 6 nitrogen and oxygen atoms in total. The second-order valence-corrected chi connectivity index (χ2v) is 7.57. The Morgan fingerprint density at radius 1 is 0.880 bits per heavy atom. The quantitative estimate of drug-likeness (QED) is 0.885. The molecule has 3 rings (SSSR count). The molecule has 0 aromatic heterocycles. The van der Waals surface area contributed by atoms with Gasteiger partial charge in [-0.3, -0.25) is 0 Å². The predicted octanol–water partition coefficient (Wildman–Crippen LogP) is 2.93. The normalized spacial score (nSPS) is 29.6. The number of nitrogens with one attached hydrogen (secondary N) is 2. The van der Waals surface area contributed by atoms with Crippen LogP contribution in [0, 0.1) is 5.92 Å². The molecule has 2 heterocycles. The first-order valence-corrected chi connectivity index (χ1v) is 9.05. The third kappa shape index (κ3) is 2.94. The largest absolute Gasteiger partial charge is 0.335 e. The average Bonchev–Trinajstić information content (AvgIpc) is 2.53.